The molecule has 0 spiro atoms. The van der Waals surface area contributed by atoms with Gasteiger partial charge in [-0.2, -0.15) is 0 Å². The third-order valence-electron chi connectivity index (χ3n) is 2.22. The van der Waals surface area contributed by atoms with Gasteiger partial charge in [0.1, 0.15) is 0 Å². The van der Waals surface area contributed by atoms with Crippen molar-refractivity contribution in [1.82, 2.24) is 4.72 Å². The van der Waals surface area contributed by atoms with Crippen molar-refractivity contribution in [3.63, 3.8) is 0 Å². The van der Waals surface area contributed by atoms with Gasteiger partial charge in [0.05, 0.1) is 11.3 Å². The van der Waals surface area contributed by atoms with Gasteiger partial charge >= 0.3 is 5.97 Å². The Hall–Kier alpha value is -1.44. The van der Waals surface area contributed by atoms with Crippen molar-refractivity contribution in [3.8, 4) is 0 Å². The molecular weight excluding hydrogens is 258 g/mol. The van der Waals surface area contributed by atoms with Crippen LogP contribution < -0.4 is 4.72 Å². The van der Waals surface area contributed by atoms with Gasteiger partial charge in [0.2, 0.25) is 10.0 Å². The molecule has 0 aliphatic carbocycles. The number of sulfonamides is 1. The maximum Gasteiger partial charge on any atom is 0.307 e. The van der Waals surface area contributed by atoms with Crippen LogP contribution in [0.3, 0.4) is 0 Å². The molecule has 0 aliphatic heterocycles. The summed E-state index contributed by atoms with van der Waals surface area (Å²) in [7, 11) is -3.59. The van der Waals surface area contributed by atoms with Gasteiger partial charge in [-0.1, -0.05) is 12.1 Å². The Morgan fingerprint density at radius 2 is 1.83 bits per heavy atom. The molecule has 0 aromatic heterocycles. The van der Waals surface area contributed by atoms with E-state index >= 15 is 0 Å². The van der Waals surface area contributed by atoms with E-state index in [1.807, 2.05) is 0 Å². The molecule has 0 saturated heterocycles. The highest BCUT2D eigenvalue weighted by atomic mass is 32.2. The van der Waals surface area contributed by atoms with E-state index in [2.05, 4.69) is 4.72 Å². The third kappa shape index (κ3) is 4.44. The normalized spacial score (nSPS) is 11.4. The maximum atomic E-state index is 11.7. The number of aliphatic hydroxyl groups excluding tert-OH is 1. The van der Waals surface area contributed by atoms with Crippen LogP contribution in [0, 0.1) is 0 Å². The van der Waals surface area contributed by atoms with E-state index in [4.69, 9.17) is 10.2 Å². The van der Waals surface area contributed by atoms with E-state index in [0.29, 0.717) is 12.0 Å². The number of hydrogen-bond acceptors (Lipinski definition) is 4. The Kier molecular flexibility index (Phi) is 5.26. The summed E-state index contributed by atoms with van der Waals surface area (Å²) in [6.45, 7) is 0.0791. The molecule has 6 nitrogen and oxygen atoms in total. The highest BCUT2D eigenvalue weighted by molar-refractivity contribution is 7.89. The lowest BCUT2D eigenvalue weighted by Gasteiger charge is -2.06. The molecule has 18 heavy (non-hydrogen) atoms. The number of carbonyl (C=O) groups is 1. The van der Waals surface area contributed by atoms with E-state index in [1.54, 1.807) is 0 Å². The fourth-order valence-electron chi connectivity index (χ4n) is 1.33. The molecule has 0 aliphatic rings. The molecule has 1 aromatic rings. The van der Waals surface area contributed by atoms with Gasteiger partial charge in [-0.25, -0.2) is 13.1 Å². The lowest BCUT2D eigenvalue weighted by Crippen LogP contribution is -2.25. The molecule has 0 bridgehead atoms. The molecule has 0 amide bonds. The van der Waals surface area contributed by atoms with Crippen LogP contribution in [0.1, 0.15) is 12.0 Å². The first-order valence-electron chi connectivity index (χ1n) is 5.37. The molecule has 1 rings (SSSR count). The highest BCUT2D eigenvalue weighted by Crippen LogP contribution is 2.10. The number of nitrogens with one attached hydrogen (secondary N) is 1. The molecule has 0 atom stereocenters. The van der Waals surface area contributed by atoms with E-state index in [-0.39, 0.29) is 24.5 Å². The Bertz CT molecular complexity index is 495. The number of carboxylic acids is 1. The molecular formula is C11H15NO5S. The van der Waals surface area contributed by atoms with Crippen LogP contribution in [0.15, 0.2) is 29.2 Å². The van der Waals surface area contributed by atoms with Crippen LogP contribution >= 0.6 is 0 Å². The molecule has 0 radical (unpaired) electrons. The fraction of sp³-hybridized carbons (Fsp3) is 0.364. The zero-order valence-electron chi connectivity index (χ0n) is 9.67. The van der Waals surface area contributed by atoms with Crippen LogP contribution in [-0.4, -0.2) is 37.8 Å². The van der Waals surface area contributed by atoms with Crippen molar-refractivity contribution in [2.24, 2.45) is 0 Å². The fourth-order valence-corrected chi connectivity index (χ4v) is 2.40. The van der Waals surface area contributed by atoms with Gasteiger partial charge in [0.25, 0.3) is 0 Å². The second-order valence-corrected chi connectivity index (χ2v) is 5.46. The molecule has 100 valence electrons. The average molecular weight is 273 g/mol. The van der Waals surface area contributed by atoms with Crippen LogP contribution in [0.25, 0.3) is 0 Å². The van der Waals surface area contributed by atoms with Crippen molar-refractivity contribution in [2.45, 2.75) is 17.7 Å². The molecule has 1 aromatic carbocycles. The minimum atomic E-state index is -3.59. The van der Waals surface area contributed by atoms with Crippen LogP contribution in [0.2, 0.25) is 0 Å². The van der Waals surface area contributed by atoms with Gasteiger partial charge in [0.15, 0.2) is 0 Å². The van der Waals surface area contributed by atoms with Crippen LogP contribution in [-0.2, 0) is 21.2 Å². The smallest absolute Gasteiger partial charge is 0.307 e. The van der Waals surface area contributed by atoms with Crippen molar-refractivity contribution in [1.29, 1.82) is 0 Å². The van der Waals surface area contributed by atoms with Gasteiger partial charge in [-0.15, -0.1) is 0 Å². The summed E-state index contributed by atoms with van der Waals surface area (Å²) in [6, 6.07) is 5.66. The van der Waals surface area contributed by atoms with E-state index in [1.165, 1.54) is 24.3 Å². The minimum Gasteiger partial charge on any atom is -0.481 e. The Labute approximate surface area is 105 Å². The number of aliphatic hydroxyl groups is 1. The highest BCUT2D eigenvalue weighted by Gasteiger charge is 2.13. The quantitative estimate of drug-likeness (QED) is 0.605. The van der Waals surface area contributed by atoms with Crippen LogP contribution in [0.4, 0.5) is 0 Å². The predicted molar refractivity (Wildman–Crippen MR) is 64.7 cm³/mol. The van der Waals surface area contributed by atoms with Crippen molar-refractivity contribution >= 4 is 16.0 Å². The summed E-state index contributed by atoms with van der Waals surface area (Å²) in [5.74, 6) is -0.966. The third-order valence-corrected chi connectivity index (χ3v) is 3.69. The maximum absolute atomic E-state index is 11.7. The molecule has 0 heterocycles. The Morgan fingerprint density at radius 3 is 2.33 bits per heavy atom. The lowest BCUT2D eigenvalue weighted by atomic mass is 10.2. The average Bonchev–Trinajstić information content (AvgIpc) is 2.29. The topological polar surface area (TPSA) is 104 Å². The molecule has 7 heteroatoms. The number of carboxylic acid groups (broad SMARTS) is 1. The molecule has 0 fully saturated rings. The number of aliphatic carboxylic acids is 1. The van der Waals surface area contributed by atoms with Gasteiger partial charge in [-0.3, -0.25) is 4.79 Å². The minimum absolute atomic E-state index is 0.0783. The summed E-state index contributed by atoms with van der Waals surface area (Å²) in [5, 5.41) is 17.1. The number of benzene rings is 1. The Morgan fingerprint density at radius 1 is 1.22 bits per heavy atom. The predicted octanol–water partition coefficient (Wildman–Crippen LogP) is -0.0256. The van der Waals surface area contributed by atoms with Gasteiger partial charge in [-0.05, 0) is 24.1 Å². The lowest BCUT2D eigenvalue weighted by molar-refractivity contribution is -0.136. The summed E-state index contributed by atoms with van der Waals surface area (Å²) in [4.78, 5) is 10.5. The largest absolute Gasteiger partial charge is 0.481 e. The van der Waals surface area contributed by atoms with Crippen LogP contribution in [0.5, 0.6) is 0 Å². The van der Waals surface area contributed by atoms with Crippen molar-refractivity contribution in [2.75, 3.05) is 13.2 Å². The van der Waals surface area contributed by atoms with Crippen molar-refractivity contribution < 1.29 is 23.4 Å². The monoisotopic (exact) mass is 273 g/mol. The second-order valence-electron chi connectivity index (χ2n) is 3.69. The number of hydrogen-bond donors (Lipinski definition) is 3. The first kappa shape index (κ1) is 14.6. The second kappa shape index (κ2) is 6.48. The first-order chi connectivity index (χ1) is 8.45. The van der Waals surface area contributed by atoms with Gasteiger partial charge in [0, 0.05) is 13.2 Å². The zero-order valence-corrected chi connectivity index (χ0v) is 10.5. The molecule has 0 saturated carbocycles. The van der Waals surface area contributed by atoms with E-state index < -0.39 is 16.0 Å². The summed E-state index contributed by atoms with van der Waals surface area (Å²) in [6.07, 6.45) is 0.203. The van der Waals surface area contributed by atoms with Crippen molar-refractivity contribution in [3.05, 3.63) is 29.8 Å². The summed E-state index contributed by atoms with van der Waals surface area (Å²) >= 11 is 0. The summed E-state index contributed by atoms with van der Waals surface area (Å²) in [5.41, 5.74) is 0.539. The van der Waals surface area contributed by atoms with Gasteiger partial charge < -0.3 is 10.2 Å². The zero-order chi connectivity index (χ0) is 13.6. The first-order valence-corrected chi connectivity index (χ1v) is 6.85. The van der Waals surface area contributed by atoms with E-state index in [9.17, 15) is 13.2 Å². The number of rotatable bonds is 7. The Balaban J connectivity index is 2.74. The molecule has 3 N–H and O–H groups in total. The molecule has 0 unspecified atom stereocenters. The van der Waals surface area contributed by atoms with E-state index in [0.717, 1.165) is 0 Å². The SMILES string of the molecule is O=C(O)Cc1ccc(S(=O)(=O)NCCCO)cc1. The summed E-state index contributed by atoms with van der Waals surface area (Å²) < 4.78 is 25.8. The standard InChI is InChI=1S/C11H15NO5S/c13-7-1-6-12-18(16,17)10-4-2-9(3-5-10)8-11(14)15/h2-5,12-13H,1,6-8H2,(H,14,15).